The number of esters is 2. The molecule has 0 amide bonds. The van der Waals surface area contributed by atoms with Gasteiger partial charge in [0.2, 0.25) is 0 Å². The van der Waals surface area contributed by atoms with Gasteiger partial charge in [0.15, 0.2) is 0 Å². The fourth-order valence-electron chi connectivity index (χ4n) is 4.33. The van der Waals surface area contributed by atoms with Crippen molar-refractivity contribution in [1.29, 1.82) is 0 Å². The lowest BCUT2D eigenvalue weighted by molar-refractivity contribution is 0.0434. The molecule has 0 N–H and O–H groups in total. The van der Waals surface area contributed by atoms with E-state index in [1.165, 1.54) is 0 Å². The second kappa shape index (κ2) is 15.1. The molecule has 0 saturated carbocycles. The molecule has 0 spiro atoms. The summed E-state index contributed by atoms with van der Waals surface area (Å²) in [5, 5.41) is 0. The summed E-state index contributed by atoms with van der Waals surface area (Å²) in [4.78, 5) is 24.8. The van der Waals surface area contributed by atoms with E-state index in [4.69, 9.17) is 9.47 Å². The van der Waals surface area contributed by atoms with Crippen LogP contribution in [-0.4, -0.2) is 25.2 Å². The monoisotopic (exact) mass is 514 g/mol. The van der Waals surface area contributed by atoms with Crippen LogP contribution in [0.3, 0.4) is 0 Å². The highest BCUT2D eigenvalue weighted by atomic mass is 16.5. The van der Waals surface area contributed by atoms with Crippen molar-refractivity contribution < 1.29 is 19.1 Å². The zero-order chi connectivity index (χ0) is 27.3. The molecule has 3 aromatic carbocycles. The van der Waals surface area contributed by atoms with Gasteiger partial charge in [-0.3, -0.25) is 0 Å². The molecule has 0 bridgehead atoms. The van der Waals surface area contributed by atoms with Gasteiger partial charge in [-0.2, -0.15) is 0 Å². The third kappa shape index (κ3) is 8.86. The molecule has 0 heterocycles. The molecule has 3 aromatic rings. The van der Waals surface area contributed by atoms with Gasteiger partial charge in [-0.05, 0) is 71.2 Å². The predicted octanol–water partition coefficient (Wildman–Crippen LogP) is 8.99. The minimum Gasteiger partial charge on any atom is -0.462 e. The summed E-state index contributed by atoms with van der Waals surface area (Å²) >= 11 is 0. The Hall–Kier alpha value is -3.40. The Kier molecular flexibility index (Phi) is 11.6. The van der Waals surface area contributed by atoms with Crippen LogP contribution in [-0.2, 0) is 9.47 Å². The number of ether oxygens (including phenoxy) is 2. The molecule has 0 unspecified atom stereocenters. The van der Waals surface area contributed by atoms with Crippen LogP contribution in [0.2, 0.25) is 0 Å². The third-order valence-corrected chi connectivity index (χ3v) is 6.89. The molecule has 0 saturated heterocycles. The van der Waals surface area contributed by atoms with Gasteiger partial charge in [0.25, 0.3) is 0 Å². The summed E-state index contributed by atoms with van der Waals surface area (Å²) in [6.07, 6.45) is 6.78. The largest absolute Gasteiger partial charge is 0.462 e. The molecule has 202 valence electrons. The first-order valence-corrected chi connectivity index (χ1v) is 14.1. The van der Waals surface area contributed by atoms with Gasteiger partial charge in [-0.1, -0.05) is 102 Å². The maximum Gasteiger partial charge on any atom is 0.338 e. The van der Waals surface area contributed by atoms with Crippen LogP contribution in [0, 0.1) is 11.8 Å². The SMILES string of the molecule is CCCC[C@H](C)COC(=O)c1ccc(-c2ccc(-c3ccc(C(=O)OC[C@@H](C)CCCC)cc3)cc2)cc1. The van der Waals surface area contributed by atoms with E-state index in [1.807, 2.05) is 48.5 Å². The van der Waals surface area contributed by atoms with E-state index >= 15 is 0 Å². The number of unbranched alkanes of at least 4 members (excludes halogenated alkanes) is 2. The molecule has 0 radical (unpaired) electrons. The first kappa shape index (κ1) is 29.2. The minimum absolute atomic E-state index is 0.270. The van der Waals surface area contributed by atoms with E-state index < -0.39 is 0 Å². The lowest BCUT2D eigenvalue weighted by atomic mass is 9.99. The molecule has 3 rings (SSSR count). The Bertz CT molecular complexity index is 1040. The first-order valence-electron chi connectivity index (χ1n) is 14.1. The van der Waals surface area contributed by atoms with Gasteiger partial charge < -0.3 is 9.47 Å². The number of hydrogen-bond acceptors (Lipinski definition) is 4. The zero-order valence-electron chi connectivity index (χ0n) is 23.4. The Morgan fingerprint density at radius 2 is 0.842 bits per heavy atom. The summed E-state index contributed by atoms with van der Waals surface area (Å²) in [6, 6.07) is 23.4. The van der Waals surface area contributed by atoms with E-state index in [9.17, 15) is 9.59 Å². The smallest absolute Gasteiger partial charge is 0.338 e. The Labute approximate surface area is 228 Å². The molecule has 38 heavy (non-hydrogen) atoms. The number of rotatable bonds is 14. The second-order valence-corrected chi connectivity index (χ2v) is 10.4. The molecule has 0 fully saturated rings. The fraction of sp³-hybridized carbons (Fsp3) is 0.412. The van der Waals surface area contributed by atoms with Crippen molar-refractivity contribution in [2.45, 2.75) is 66.2 Å². The molecule has 0 aliphatic rings. The van der Waals surface area contributed by atoms with Crippen molar-refractivity contribution in [2.24, 2.45) is 11.8 Å². The predicted molar refractivity (Wildman–Crippen MR) is 155 cm³/mol. The summed E-state index contributed by atoms with van der Waals surface area (Å²) in [6.45, 7) is 9.50. The quantitative estimate of drug-likeness (QED) is 0.201. The van der Waals surface area contributed by atoms with E-state index in [0.717, 1.165) is 60.8 Å². The molecule has 4 heteroatoms. The normalized spacial score (nSPS) is 12.5. The van der Waals surface area contributed by atoms with Crippen LogP contribution >= 0.6 is 0 Å². The molecular formula is C34H42O4. The third-order valence-electron chi connectivity index (χ3n) is 6.89. The van der Waals surface area contributed by atoms with Gasteiger partial charge in [0.1, 0.15) is 0 Å². The molecule has 2 atom stereocenters. The molecular weight excluding hydrogens is 472 g/mol. The van der Waals surface area contributed by atoms with Crippen molar-refractivity contribution in [3.05, 3.63) is 83.9 Å². The van der Waals surface area contributed by atoms with Crippen molar-refractivity contribution in [3.63, 3.8) is 0 Å². The number of benzene rings is 3. The topological polar surface area (TPSA) is 52.6 Å². The molecule has 0 aromatic heterocycles. The Balaban J connectivity index is 1.55. The maximum absolute atomic E-state index is 12.4. The van der Waals surface area contributed by atoms with Crippen LogP contribution in [0.5, 0.6) is 0 Å². The molecule has 4 nitrogen and oxygen atoms in total. The highest BCUT2D eigenvalue weighted by Gasteiger charge is 2.12. The summed E-state index contributed by atoms with van der Waals surface area (Å²) < 4.78 is 11.0. The van der Waals surface area contributed by atoms with Gasteiger partial charge in [-0.25, -0.2) is 9.59 Å². The van der Waals surface area contributed by atoms with Gasteiger partial charge in [0, 0.05) is 0 Å². The average Bonchev–Trinajstić information content (AvgIpc) is 2.96. The van der Waals surface area contributed by atoms with E-state index in [2.05, 4.69) is 52.0 Å². The lowest BCUT2D eigenvalue weighted by Crippen LogP contribution is -2.12. The maximum atomic E-state index is 12.4. The van der Waals surface area contributed by atoms with Crippen LogP contribution < -0.4 is 0 Å². The van der Waals surface area contributed by atoms with Gasteiger partial charge >= 0.3 is 11.9 Å². The highest BCUT2D eigenvalue weighted by molar-refractivity contribution is 5.91. The van der Waals surface area contributed by atoms with E-state index in [0.29, 0.717) is 36.2 Å². The zero-order valence-corrected chi connectivity index (χ0v) is 23.4. The van der Waals surface area contributed by atoms with E-state index in [1.54, 1.807) is 0 Å². The lowest BCUT2D eigenvalue weighted by Gasteiger charge is -2.12. The summed E-state index contributed by atoms with van der Waals surface area (Å²) in [5.74, 6) is 0.221. The number of carbonyl (C=O) groups is 2. The Morgan fingerprint density at radius 3 is 1.13 bits per heavy atom. The van der Waals surface area contributed by atoms with Crippen molar-refractivity contribution in [1.82, 2.24) is 0 Å². The van der Waals surface area contributed by atoms with Crippen molar-refractivity contribution >= 4 is 11.9 Å². The molecule has 0 aliphatic heterocycles. The average molecular weight is 515 g/mol. The molecule has 0 aliphatic carbocycles. The highest BCUT2D eigenvalue weighted by Crippen LogP contribution is 2.26. The summed E-state index contributed by atoms with van der Waals surface area (Å²) in [7, 11) is 0. The standard InChI is InChI=1S/C34H42O4/c1-5-7-9-25(3)23-37-33(35)31-19-15-29(16-20-31)27-11-13-28(14-12-27)30-17-21-32(22-18-30)34(36)38-24-26(4)10-8-6-2/h11-22,25-26H,5-10,23-24H2,1-4H3/t25-,26-/m0/s1. The van der Waals surface area contributed by atoms with Crippen molar-refractivity contribution in [3.8, 4) is 22.3 Å². The number of carbonyl (C=O) groups excluding carboxylic acids is 2. The van der Waals surface area contributed by atoms with Crippen LogP contribution in [0.1, 0.15) is 86.9 Å². The Morgan fingerprint density at radius 1 is 0.553 bits per heavy atom. The minimum atomic E-state index is -0.270. The van der Waals surface area contributed by atoms with Crippen LogP contribution in [0.25, 0.3) is 22.3 Å². The second-order valence-electron chi connectivity index (χ2n) is 10.4. The number of hydrogen-bond donors (Lipinski definition) is 0. The summed E-state index contributed by atoms with van der Waals surface area (Å²) in [5.41, 5.74) is 5.36. The van der Waals surface area contributed by atoms with Crippen LogP contribution in [0.4, 0.5) is 0 Å². The van der Waals surface area contributed by atoms with Crippen LogP contribution in [0.15, 0.2) is 72.8 Å². The van der Waals surface area contributed by atoms with E-state index in [-0.39, 0.29) is 11.9 Å². The fourth-order valence-corrected chi connectivity index (χ4v) is 4.33. The van der Waals surface area contributed by atoms with Gasteiger partial charge in [0.05, 0.1) is 24.3 Å². The van der Waals surface area contributed by atoms with Gasteiger partial charge in [-0.15, -0.1) is 0 Å². The first-order chi connectivity index (χ1) is 18.4. The van der Waals surface area contributed by atoms with Crippen molar-refractivity contribution in [2.75, 3.05) is 13.2 Å².